The monoisotopic (exact) mass is 263 g/mol. The molecule has 2 aromatic rings. The third-order valence-corrected chi connectivity index (χ3v) is 2.37. The summed E-state index contributed by atoms with van der Waals surface area (Å²) in [4.78, 5) is 7.72. The van der Waals surface area contributed by atoms with E-state index in [4.69, 9.17) is 9.84 Å². The summed E-state index contributed by atoms with van der Waals surface area (Å²) in [5, 5.41) is 11.8. The molecule has 0 saturated carbocycles. The Hall–Kier alpha value is -2.21. The van der Waals surface area contributed by atoms with Crippen LogP contribution in [0.2, 0.25) is 0 Å². The largest absolute Gasteiger partial charge is 0.436 e. The van der Waals surface area contributed by atoms with E-state index in [0.717, 1.165) is 11.8 Å². The maximum atomic E-state index is 13.5. The zero-order valence-corrected chi connectivity index (χ0v) is 10.4. The molecule has 0 atom stereocenters. The van der Waals surface area contributed by atoms with Gasteiger partial charge in [0, 0.05) is 6.54 Å². The maximum Gasteiger partial charge on any atom is 0.260 e. The fraction of sp³-hybridized carbons (Fsp3) is 0.231. The van der Waals surface area contributed by atoms with Gasteiger partial charge in [-0.2, -0.15) is 9.37 Å². The van der Waals surface area contributed by atoms with E-state index >= 15 is 0 Å². The van der Waals surface area contributed by atoms with Crippen molar-refractivity contribution in [1.29, 1.82) is 0 Å². The van der Waals surface area contributed by atoms with Crippen molar-refractivity contribution in [3.05, 3.63) is 41.8 Å². The number of halogens is 1. The van der Waals surface area contributed by atoms with Crippen molar-refractivity contribution in [2.75, 3.05) is 11.9 Å². The van der Waals surface area contributed by atoms with E-state index < -0.39 is 5.82 Å². The molecule has 0 spiro atoms. The first-order valence-electron chi connectivity index (χ1n) is 5.87. The second-order valence-corrected chi connectivity index (χ2v) is 3.78. The summed E-state index contributed by atoms with van der Waals surface area (Å²) in [6.45, 7) is 2.48. The van der Waals surface area contributed by atoms with Crippen LogP contribution in [0.1, 0.15) is 12.5 Å². The summed E-state index contributed by atoms with van der Waals surface area (Å²) < 4.78 is 18.9. The summed E-state index contributed by atoms with van der Waals surface area (Å²) in [5.41, 5.74) is 0.754. The Balaban J connectivity index is 2.18. The minimum Gasteiger partial charge on any atom is -0.436 e. The van der Waals surface area contributed by atoms with Gasteiger partial charge in [-0.15, -0.1) is 0 Å². The van der Waals surface area contributed by atoms with Gasteiger partial charge in [0.15, 0.2) is 0 Å². The predicted molar refractivity (Wildman–Crippen MR) is 68.6 cm³/mol. The number of nitrogens with zero attached hydrogens (tertiary/aromatic N) is 2. The third-order valence-electron chi connectivity index (χ3n) is 2.37. The Morgan fingerprint density at radius 1 is 1.32 bits per heavy atom. The lowest BCUT2D eigenvalue weighted by Crippen LogP contribution is -2.04. The van der Waals surface area contributed by atoms with Crippen molar-refractivity contribution in [2.45, 2.75) is 13.5 Å². The molecule has 100 valence electrons. The molecule has 0 radical (unpaired) electrons. The molecule has 0 bridgehead atoms. The molecular formula is C13H14FN3O2. The van der Waals surface area contributed by atoms with Crippen molar-refractivity contribution in [2.24, 2.45) is 0 Å². The van der Waals surface area contributed by atoms with Crippen molar-refractivity contribution in [1.82, 2.24) is 9.97 Å². The molecule has 5 nitrogen and oxygen atoms in total. The number of hydrogen-bond donors (Lipinski definition) is 2. The number of aromatic nitrogens is 2. The van der Waals surface area contributed by atoms with E-state index in [1.165, 1.54) is 0 Å². The van der Waals surface area contributed by atoms with Crippen molar-refractivity contribution in [3.63, 3.8) is 0 Å². The molecule has 0 saturated heterocycles. The lowest BCUT2D eigenvalue weighted by Gasteiger charge is -2.08. The molecular weight excluding hydrogens is 249 g/mol. The number of aliphatic hydroxyl groups is 1. The normalized spacial score (nSPS) is 10.3. The van der Waals surface area contributed by atoms with Crippen LogP contribution in [-0.4, -0.2) is 21.6 Å². The number of ether oxygens (including phenoxy) is 1. The van der Waals surface area contributed by atoms with Crippen LogP contribution in [0.5, 0.6) is 11.6 Å². The van der Waals surface area contributed by atoms with Crippen LogP contribution in [0.4, 0.5) is 10.3 Å². The number of rotatable bonds is 5. The van der Waals surface area contributed by atoms with Crippen LogP contribution in [0.25, 0.3) is 0 Å². The minimum absolute atomic E-state index is 0.0489. The maximum absolute atomic E-state index is 13.5. The highest BCUT2D eigenvalue weighted by molar-refractivity contribution is 5.33. The molecule has 0 aliphatic heterocycles. The summed E-state index contributed by atoms with van der Waals surface area (Å²) in [7, 11) is 0. The van der Waals surface area contributed by atoms with Gasteiger partial charge in [-0.25, -0.2) is 4.98 Å². The number of hydrogen-bond acceptors (Lipinski definition) is 5. The molecule has 19 heavy (non-hydrogen) atoms. The Bertz CT molecular complexity index is 546. The Morgan fingerprint density at radius 2 is 2.05 bits per heavy atom. The first kappa shape index (κ1) is 13.2. The number of anilines is 1. The van der Waals surface area contributed by atoms with Gasteiger partial charge in [-0.05, 0) is 24.6 Å². The minimum atomic E-state index is -0.632. The van der Waals surface area contributed by atoms with Gasteiger partial charge in [-0.1, -0.05) is 12.1 Å². The number of nitrogens with one attached hydrogen (secondary N) is 1. The van der Waals surface area contributed by atoms with E-state index in [1.54, 1.807) is 24.3 Å². The Labute approximate surface area is 110 Å². The molecule has 0 unspecified atom stereocenters. The smallest absolute Gasteiger partial charge is 0.260 e. The van der Waals surface area contributed by atoms with Crippen molar-refractivity contribution < 1.29 is 14.2 Å². The SMILES string of the molecule is CCNc1ncc(F)c(Oc2ccc(CO)cc2)n1. The van der Waals surface area contributed by atoms with Gasteiger partial charge >= 0.3 is 0 Å². The highest BCUT2D eigenvalue weighted by Crippen LogP contribution is 2.23. The molecule has 1 aromatic carbocycles. The quantitative estimate of drug-likeness (QED) is 0.866. The number of aliphatic hydroxyl groups excluding tert-OH is 1. The number of benzene rings is 1. The molecule has 2 N–H and O–H groups in total. The molecule has 0 aliphatic carbocycles. The molecule has 1 heterocycles. The Kier molecular flexibility index (Phi) is 4.25. The molecule has 6 heteroatoms. The van der Waals surface area contributed by atoms with Crippen molar-refractivity contribution in [3.8, 4) is 11.6 Å². The summed E-state index contributed by atoms with van der Waals surface area (Å²) in [5.74, 6) is -0.0151. The van der Waals surface area contributed by atoms with E-state index in [2.05, 4.69) is 15.3 Å². The highest BCUT2D eigenvalue weighted by Gasteiger charge is 2.09. The van der Waals surface area contributed by atoms with Crippen LogP contribution in [0, 0.1) is 5.82 Å². The van der Waals surface area contributed by atoms with Crippen molar-refractivity contribution >= 4 is 5.95 Å². The molecule has 0 fully saturated rings. The zero-order chi connectivity index (χ0) is 13.7. The summed E-state index contributed by atoms with van der Waals surface area (Å²) >= 11 is 0. The Morgan fingerprint density at radius 3 is 2.68 bits per heavy atom. The average Bonchev–Trinajstić information content (AvgIpc) is 2.44. The van der Waals surface area contributed by atoms with Crippen LogP contribution in [-0.2, 0) is 6.61 Å². The first-order valence-corrected chi connectivity index (χ1v) is 5.87. The summed E-state index contributed by atoms with van der Waals surface area (Å²) in [6, 6.07) is 6.67. The van der Waals surface area contributed by atoms with Crippen LogP contribution in [0.3, 0.4) is 0 Å². The van der Waals surface area contributed by atoms with Gasteiger partial charge in [0.05, 0.1) is 12.8 Å². The van der Waals surface area contributed by atoms with E-state index in [1.807, 2.05) is 6.92 Å². The molecule has 0 aliphatic rings. The van der Waals surface area contributed by atoms with Crippen LogP contribution in [0.15, 0.2) is 30.5 Å². The van der Waals surface area contributed by atoms with Gasteiger partial charge in [0.1, 0.15) is 5.75 Å². The van der Waals surface area contributed by atoms with E-state index in [9.17, 15) is 4.39 Å². The topological polar surface area (TPSA) is 67.3 Å². The fourth-order valence-corrected chi connectivity index (χ4v) is 1.44. The van der Waals surface area contributed by atoms with Crippen LogP contribution < -0.4 is 10.1 Å². The van der Waals surface area contributed by atoms with Crippen LogP contribution >= 0.6 is 0 Å². The summed E-state index contributed by atoms with van der Waals surface area (Å²) in [6.07, 6.45) is 1.06. The van der Waals surface area contributed by atoms with Gasteiger partial charge in [-0.3, -0.25) is 0 Å². The molecule has 0 amide bonds. The van der Waals surface area contributed by atoms with E-state index in [-0.39, 0.29) is 12.5 Å². The molecule has 2 rings (SSSR count). The zero-order valence-electron chi connectivity index (χ0n) is 10.4. The third kappa shape index (κ3) is 3.38. The standard InChI is InChI=1S/C13H14FN3O2/c1-2-15-13-16-7-11(14)12(17-13)19-10-5-3-9(8-18)4-6-10/h3-7,18H,2,8H2,1H3,(H,15,16,17). The van der Waals surface area contributed by atoms with Gasteiger partial charge in [0.2, 0.25) is 11.8 Å². The highest BCUT2D eigenvalue weighted by atomic mass is 19.1. The lowest BCUT2D eigenvalue weighted by molar-refractivity contribution is 0.281. The predicted octanol–water partition coefficient (Wildman–Crippen LogP) is 2.33. The van der Waals surface area contributed by atoms with Gasteiger partial charge in [0.25, 0.3) is 5.88 Å². The first-order chi connectivity index (χ1) is 9.22. The van der Waals surface area contributed by atoms with E-state index in [0.29, 0.717) is 18.2 Å². The second kappa shape index (κ2) is 6.10. The van der Waals surface area contributed by atoms with Gasteiger partial charge < -0.3 is 15.2 Å². The molecule has 1 aromatic heterocycles. The lowest BCUT2D eigenvalue weighted by atomic mass is 10.2. The second-order valence-electron chi connectivity index (χ2n) is 3.78. The fourth-order valence-electron chi connectivity index (χ4n) is 1.44. The average molecular weight is 263 g/mol.